The van der Waals surface area contributed by atoms with Gasteiger partial charge in [0, 0.05) is 24.8 Å². The number of nitrogens with zero attached hydrogens (tertiary/aromatic N) is 2. The molecule has 1 aromatic heterocycles. The third-order valence-electron chi connectivity index (χ3n) is 2.35. The van der Waals surface area contributed by atoms with Crippen LogP contribution in [0.4, 0.5) is 11.8 Å². The standard InChI is InChI=1S/C13H22N4/c1-4-6-7-9-14-12-10-11(3)16-13(17-12)15-8-5-2/h5,10H,2,4,6-9H2,1,3H3,(H2,14,15,16,17). The summed E-state index contributed by atoms with van der Waals surface area (Å²) in [6, 6.07) is 1.96. The van der Waals surface area contributed by atoms with E-state index in [-0.39, 0.29) is 0 Å². The average molecular weight is 234 g/mol. The molecule has 0 atom stereocenters. The molecule has 94 valence electrons. The fraction of sp³-hybridized carbons (Fsp3) is 0.538. The molecular weight excluding hydrogens is 212 g/mol. The van der Waals surface area contributed by atoms with Crippen LogP contribution in [0.1, 0.15) is 31.9 Å². The quantitative estimate of drug-likeness (QED) is 0.536. The Bertz CT molecular complexity index is 349. The van der Waals surface area contributed by atoms with E-state index in [1.807, 2.05) is 13.0 Å². The lowest BCUT2D eigenvalue weighted by Crippen LogP contribution is -2.08. The monoisotopic (exact) mass is 234 g/mol. The molecule has 4 nitrogen and oxygen atoms in total. The fourth-order valence-electron chi connectivity index (χ4n) is 1.49. The van der Waals surface area contributed by atoms with Gasteiger partial charge in [0.2, 0.25) is 5.95 Å². The second-order valence-corrected chi connectivity index (χ2v) is 4.02. The molecule has 0 saturated heterocycles. The van der Waals surface area contributed by atoms with Crippen molar-refractivity contribution in [3.63, 3.8) is 0 Å². The van der Waals surface area contributed by atoms with Gasteiger partial charge in [0.25, 0.3) is 0 Å². The smallest absolute Gasteiger partial charge is 0.225 e. The molecule has 0 fully saturated rings. The van der Waals surface area contributed by atoms with Crippen molar-refractivity contribution in [3.05, 3.63) is 24.4 Å². The zero-order valence-electron chi connectivity index (χ0n) is 10.8. The van der Waals surface area contributed by atoms with Gasteiger partial charge in [-0.15, -0.1) is 6.58 Å². The summed E-state index contributed by atoms with van der Waals surface area (Å²) in [7, 11) is 0. The summed E-state index contributed by atoms with van der Waals surface area (Å²) in [5.41, 5.74) is 0.963. The number of aryl methyl sites for hydroxylation is 1. The SMILES string of the molecule is C=CCNc1nc(C)cc(NCCCCC)n1. The van der Waals surface area contributed by atoms with Crippen LogP contribution in [-0.2, 0) is 0 Å². The summed E-state index contributed by atoms with van der Waals surface area (Å²) in [6.07, 6.45) is 5.45. The maximum absolute atomic E-state index is 4.39. The molecule has 1 rings (SSSR count). The van der Waals surface area contributed by atoms with Crippen molar-refractivity contribution in [2.45, 2.75) is 33.1 Å². The maximum Gasteiger partial charge on any atom is 0.225 e. The molecule has 1 aromatic rings. The van der Waals surface area contributed by atoms with Crippen molar-refractivity contribution in [1.82, 2.24) is 9.97 Å². The van der Waals surface area contributed by atoms with Crippen LogP contribution in [0.3, 0.4) is 0 Å². The highest BCUT2D eigenvalue weighted by atomic mass is 15.1. The fourth-order valence-corrected chi connectivity index (χ4v) is 1.49. The topological polar surface area (TPSA) is 49.8 Å². The predicted octanol–water partition coefficient (Wildman–Crippen LogP) is 2.99. The number of nitrogens with one attached hydrogen (secondary N) is 2. The van der Waals surface area contributed by atoms with Crippen molar-refractivity contribution in [2.75, 3.05) is 23.7 Å². The van der Waals surface area contributed by atoms with Gasteiger partial charge in [-0.2, -0.15) is 4.98 Å². The summed E-state index contributed by atoms with van der Waals surface area (Å²) >= 11 is 0. The van der Waals surface area contributed by atoms with E-state index in [4.69, 9.17) is 0 Å². The zero-order valence-corrected chi connectivity index (χ0v) is 10.8. The second-order valence-electron chi connectivity index (χ2n) is 4.02. The second kappa shape index (κ2) is 7.65. The summed E-state index contributed by atoms with van der Waals surface area (Å²) < 4.78 is 0. The van der Waals surface area contributed by atoms with Gasteiger partial charge >= 0.3 is 0 Å². The third-order valence-corrected chi connectivity index (χ3v) is 2.35. The highest BCUT2D eigenvalue weighted by molar-refractivity contribution is 5.42. The predicted molar refractivity (Wildman–Crippen MR) is 73.5 cm³/mol. The highest BCUT2D eigenvalue weighted by Gasteiger charge is 2.00. The lowest BCUT2D eigenvalue weighted by molar-refractivity contribution is 0.742. The van der Waals surface area contributed by atoms with Gasteiger partial charge in [-0.1, -0.05) is 25.8 Å². The van der Waals surface area contributed by atoms with E-state index in [2.05, 4.69) is 34.1 Å². The molecule has 0 aliphatic rings. The van der Waals surface area contributed by atoms with Gasteiger partial charge in [-0.3, -0.25) is 0 Å². The normalized spacial score (nSPS) is 10.0. The first-order valence-electron chi connectivity index (χ1n) is 6.20. The summed E-state index contributed by atoms with van der Waals surface area (Å²) in [5, 5.41) is 6.42. The van der Waals surface area contributed by atoms with Gasteiger partial charge in [-0.05, 0) is 13.3 Å². The largest absolute Gasteiger partial charge is 0.370 e. The molecule has 2 N–H and O–H groups in total. The minimum absolute atomic E-state index is 0.655. The first-order chi connectivity index (χ1) is 8.26. The van der Waals surface area contributed by atoms with E-state index in [1.54, 1.807) is 6.08 Å². The number of unbranched alkanes of at least 4 members (excludes halogenated alkanes) is 2. The van der Waals surface area contributed by atoms with Crippen LogP contribution in [0.15, 0.2) is 18.7 Å². The Morgan fingerprint density at radius 2 is 2.12 bits per heavy atom. The number of anilines is 2. The molecule has 0 saturated carbocycles. The van der Waals surface area contributed by atoms with Crippen molar-refractivity contribution >= 4 is 11.8 Å². The number of aromatic nitrogens is 2. The molecule has 1 heterocycles. The summed E-state index contributed by atoms with van der Waals surface area (Å²) in [5.74, 6) is 1.54. The van der Waals surface area contributed by atoms with Gasteiger partial charge in [0.15, 0.2) is 0 Å². The maximum atomic E-state index is 4.39. The lowest BCUT2D eigenvalue weighted by Gasteiger charge is -2.08. The molecule has 0 bridgehead atoms. The van der Waals surface area contributed by atoms with Crippen LogP contribution >= 0.6 is 0 Å². The van der Waals surface area contributed by atoms with Crippen LogP contribution in [0.5, 0.6) is 0 Å². The Balaban J connectivity index is 2.52. The Morgan fingerprint density at radius 1 is 1.29 bits per heavy atom. The molecule has 4 heteroatoms. The van der Waals surface area contributed by atoms with E-state index in [0.717, 1.165) is 18.1 Å². The Kier molecular flexibility index (Phi) is 6.07. The lowest BCUT2D eigenvalue weighted by atomic mass is 10.2. The minimum atomic E-state index is 0.655. The van der Waals surface area contributed by atoms with E-state index in [1.165, 1.54) is 19.3 Å². The van der Waals surface area contributed by atoms with Crippen molar-refractivity contribution in [2.24, 2.45) is 0 Å². The van der Waals surface area contributed by atoms with E-state index >= 15 is 0 Å². The van der Waals surface area contributed by atoms with Crippen molar-refractivity contribution < 1.29 is 0 Å². The van der Waals surface area contributed by atoms with Crippen molar-refractivity contribution in [3.8, 4) is 0 Å². The van der Waals surface area contributed by atoms with E-state index < -0.39 is 0 Å². The van der Waals surface area contributed by atoms with Crippen molar-refractivity contribution in [1.29, 1.82) is 0 Å². The molecular formula is C13H22N4. The molecule has 0 unspecified atom stereocenters. The summed E-state index contributed by atoms with van der Waals surface area (Å²) in [4.78, 5) is 8.69. The van der Waals surface area contributed by atoms with E-state index in [0.29, 0.717) is 12.5 Å². The Morgan fingerprint density at radius 3 is 2.82 bits per heavy atom. The van der Waals surface area contributed by atoms with Crippen LogP contribution in [0, 0.1) is 6.92 Å². The number of rotatable bonds is 8. The molecule has 0 aromatic carbocycles. The first kappa shape index (κ1) is 13.5. The van der Waals surface area contributed by atoms with Crippen LogP contribution in [-0.4, -0.2) is 23.1 Å². The Labute approximate surface area is 104 Å². The molecule has 0 amide bonds. The molecule has 17 heavy (non-hydrogen) atoms. The third kappa shape index (κ3) is 5.33. The average Bonchev–Trinajstić information content (AvgIpc) is 2.31. The zero-order chi connectivity index (χ0) is 12.5. The summed E-state index contributed by atoms with van der Waals surface area (Å²) in [6.45, 7) is 9.47. The number of hydrogen-bond donors (Lipinski definition) is 2. The van der Waals surface area contributed by atoms with E-state index in [9.17, 15) is 0 Å². The van der Waals surface area contributed by atoms with Gasteiger partial charge < -0.3 is 10.6 Å². The Hall–Kier alpha value is -1.58. The molecule has 0 aliphatic carbocycles. The van der Waals surface area contributed by atoms with Crippen LogP contribution < -0.4 is 10.6 Å². The minimum Gasteiger partial charge on any atom is -0.370 e. The van der Waals surface area contributed by atoms with Crippen LogP contribution in [0.2, 0.25) is 0 Å². The highest BCUT2D eigenvalue weighted by Crippen LogP contribution is 2.09. The number of hydrogen-bond acceptors (Lipinski definition) is 4. The van der Waals surface area contributed by atoms with Gasteiger partial charge in [-0.25, -0.2) is 4.98 Å². The van der Waals surface area contributed by atoms with Crippen LogP contribution in [0.25, 0.3) is 0 Å². The van der Waals surface area contributed by atoms with Gasteiger partial charge in [0.1, 0.15) is 5.82 Å². The van der Waals surface area contributed by atoms with Gasteiger partial charge in [0.05, 0.1) is 0 Å². The first-order valence-corrected chi connectivity index (χ1v) is 6.20. The molecule has 0 spiro atoms. The molecule has 0 radical (unpaired) electrons. The molecule has 0 aliphatic heterocycles.